The number of carbonyl (C=O) groups is 2. The summed E-state index contributed by atoms with van der Waals surface area (Å²) in [6.45, 7) is 4.44. The number of hydrogen-bond donors (Lipinski definition) is 1. The first-order chi connectivity index (χ1) is 12.0. The van der Waals surface area contributed by atoms with Crippen LogP contribution in [0.25, 0.3) is 0 Å². The van der Waals surface area contributed by atoms with Crippen LogP contribution in [0.2, 0.25) is 0 Å². The summed E-state index contributed by atoms with van der Waals surface area (Å²) in [5.41, 5.74) is -0.139. The van der Waals surface area contributed by atoms with Crippen LogP contribution in [0.5, 0.6) is 0 Å². The number of aryl methyl sites for hydroxylation is 1. The molecule has 1 N–H and O–H groups in total. The van der Waals surface area contributed by atoms with Crippen LogP contribution in [0, 0.1) is 12.8 Å². The molecule has 1 fully saturated rings. The molecule has 0 aliphatic heterocycles. The first-order valence-corrected chi connectivity index (χ1v) is 9.49. The van der Waals surface area contributed by atoms with Crippen molar-refractivity contribution < 1.29 is 19.4 Å². The minimum atomic E-state index is -1.64. The third-order valence-corrected chi connectivity index (χ3v) is 5.11. The maximum Gasteiger partial charge on any atom is 0.312 e. The van der Waals surface area contributed by atoms with E-state index in [1.165, 1.54) is 0 Å². The molecule has 25 heavy (non-hydrogen) atoms. The van der Waals surface area contributed by atoms with Gasteiger partial charge in [0.05, 0.1) is 12.5 Å². The number of ether oxygens (including phenoxy) is 1. The van der Waals surface area contributed by atoms with Gasteiger partial charge in [0, 0.05) is 5.56 Å². The maximum absolute atomic E-state index is 12.9. The van der Waals surface area contributed by atoms with Crippen LogP contribution >= 0.6 is 0 Å². The smallest absolute Gasteiger partial charge is 0.312 e. The Balaban J connectivity index is 2.06. The van der Waals surface area contributed by atoms with Gasteiger partial charge in [0.25, 0.3) is 0 Å². The highest BCUT2D eigenvalue weighted by Gasteiger charge is 2.49. The average molecular weight is 346 g/mol. The standard InChI is InChI=1S/C21H30O4/c1-3-4-5-8-15-25-20(23)18-9-6-7-14-21(18,24)19(22)17-12-10-16(2)11-13-17/h10-13,18,24H,3-9,14-15H2,1-2H3/t18-,21-/m1/s1. The molecule has 1 aromatic carbocycles. The molecular formula is C21H30O4. The largest absolute Gasteiger partial charge is 0.465 e. The fourth-order valence-electron chi connectivity index (χ4n) is 3.50. The highest BCUT2D eigenvalue weighted by Crippen LogP contribution is 2.37. The Hall–Kier alpha value is -1.68. The fraction of sp³-hybridized carbons (Fsp3) is 0.619. The van der Waals surface area contributed by atoms with Gasteiger partial charge >= 0.3 is 5.97 Å². The zero-order valence-electron chi connectivity index (χ0n) is 15.4. The maximum atomic E-state index is 12.9. The van der Waals surface area contributed by atoms with E-state index < -0.39 is 17.5 Å². The summed E-state index contributed by atoms with van der Waals surface area (Å²) in [5.74, 6) is -1.56. The Morgan fingerprint density at radius 3 is 2.56 bits per heavy atom. The van der Waals surface area contributed by atoms with Crippen molar-refractivity contribution in [3.05, 3.63) is 35.4 Å². The zero-order chi connectivity index (χ0) is 18.3. The number of unbranched alkanes of at least 4 members (excludes halogenated alkanes) is 3. The van der Waals surface area contributed by atoms with Crippen molar-refractivity contribution in [2.45, 2.75) is 70.8 Å². The number of Topliss-reactive ketones (excluding diaryl/α,β-unsaturated/α-hetero) is 1. The molecule has 0 heterocycles. The van der Waals surface area contributed by atoms with Crippen molar-refractivity contribution in [2.24, 2.45) is 5.92 Å². The van der Waals surface area contributed by atoms with Gasteiger partial charge in [-0.2, -0.15) is 0 Å². The molecule has 1 aliphatic carbocycles. The Morgan fingerprint density at radius 1 is 1.16 bits per heavy atom. The molecule has 0 saturated heterocycles. The second-order valence-electron chi connectivity index (χ2n) is 7.15. The van der Waals surface area contributed by atoms with Gasteiger partial charge < -0.3 is 9.84 Å². The molecule has 0 aromatic heterocycles. The molecule has 2 rings (SSSR count). The van der Waals surface area contributed by atoms with Gasteiger partial charge in [-0.3, -0.25) is 9.59 Å². The van der Waals surface area contributed by atoms with Gasteiger partial charge in [-0.15, -0.1) is 0 Å². The summed E-state index contributed by atoms with van der Waals surface area (Å²) in [6, 6.07) is 7.13. The van der Waals surface area contributed by atoms with Gasteiger partial charge in [0.15, 0.2) is 5.78 Å². The van der Waals surface area contributed by atoms with Crippen molar-refractivity contribution in [3.8, 4) is 0 Å². The molecule has 0 bridgehead atoms. The SMILES string of the molecule is CCCCCCOC(=O)[C@H]1CCCC[C@]1(O)C(=O)c1ccc(C)cc1. The van der Waals surface area contributed by atoms with E-state index in [0.29, 0.717) is 25.0 Å². The fourth-order valence-corrected chi connectivity index (χ4v) is 3.50. The molecular weight excluding hydrogens is 316 g/mol. The highest BCUT2D eigenvalue weighted by atomic mass is 16.5. The molecule has 4 nitrogen and oxygen atoms in total. The summed E-state index contributed by atoms with van der Waals surface area (Å²) in [5, 5.41) is 11.1. The third kappa shape index (κ3) is 4.91. The molecule has 2 atom stereocenters. The summed E-state index contributed by atoms with van der Waals surface area (Å²) in [7, 11) is 0. The quantitative estimate of drug-likeness (QED) is 0.435. The number of carbonyl (C=O) groups excluding carboxylic acids is 2. The van der Waals surface area contributed by atoms with E-state index in [-0.39, 0.29) is 5.78 Å². The second kappa shape index (κ2) is 9.14. The first kappa shape index (κ1) is 19.6. The molecule has 0 radical (unpaired) electrons. The third-order valence-electron chi connectivity index (χ3n) is 5.11. The molecule has 138 valence electrons. The van der Waals surface area contributed by atoms with E-state index in [1.807, 2.05) is 19.1 Å². The van der Waals surface area contributed by atoms with Crippen LogP contribution in [-0.4, -0.2) is 29.1 Å². The van der Waals surface area contributed by atoms with Crippen molar-refractivity contribution >= 4 is 11.8 Å². The van der Waals surface area contributed by atoms with Gasteiger partial charge in [-0.25, -0.2) is 0 Å². The van der Waals surface area contributed by atoms with Crippen LogP contribution in [0.4, 0.5) is 0 Å². The summed E-state index contributed by atoms with van der Waals surface area (Å²) in [6.07, 6.45) is 6.50. The lowest BCUT2D eigenvalue weighted by Gasteiger charge is -2.37. The van der Waals surface area contributed by atoms with Gasteiger partial charge in [-0.1, -0.05) is 68.9 Å². The minimum absolute atomic E-state index is 0.315. The summed E-state index contributed by atoms with van der Waals surface area (Å²) < 4.78 is 5.38. The number of benzene rings is 1. The molecule has 1 saturated carbocycles. The Labute approximate surface area is 150 Å². The Bertz CT molecular complexity index is 578. The predicted molar refractivity (Wildman–Crippen MR) is 97.5 cm³/mol. The zero-order valence-corrected chi connectivity index (χ0v) is 15.4. The molecule has 0 spiro atoms. The van der Waals surface area contributed by atoms with E-state index in [1.54, 1.807) is 12.1 Å². The first-order valence-electron chi connectivity index (χ1n) is 9.49. The van der Waals surface area contributed by atoms with E-state index in [9.17, 15) is 14.7 Å². The van der Waals surface area contributed by atoms with Crippen LogP contribution in [0.1, 0.15) is 74.2 Å². The van der Waals surface area contributed by atoms with Gasteiger partial charge in [-0.05, 0) is 26.2 Å². The van der Waals surface area contributed by atoms with E-state index in [0.717, 1.165) is 44.1 Å². The lowest BCUT2D eigenvalue weighted by molar-refractivity contribution is -0.158. The number of hydrogen-bond acceptors (Lipinski definition) is 4. The lowest BCUT2D eigenvalue weighted by atomic mass is 9.71. The van der Waals surface area contributed by atoms with Crippen molar-refractivity contribution in [1.29, 1.82) is 0 Å². The van der Waals surface area contributed by atoms with E-state index >= 15 is 0 Å². The number of aliphatic hydroxyl groups is 1. The van der Waals surface area contributed by atoms with Gasteiger partial charge in [0.2, 0.25) is 0 Å². The average Bonchev–Trinajstić information content (AvgIpc) is 2.62. The number of esters is 1. The molecule has 1 aromatic rings. The van der Waals surface area contributed by atoms with E-state index in [4.69, 9.17) is 4.74 Å². The monoisotopic (exact) mass is 346 g/mol. The number of ketones is 1. The van der Waals surface area contributed by atoms with E-state index in [2.05, 4.69) is 6.92 Å². The van der Waals surface area contributed by atoms with Crippen LogP contribution in [0.15, 0.2) is 24.3 Å². The second-order valence-corrected chi connectivity index (χ2v) is 7.15. The van der Waals surface area contributed by atoms with Crippen LogP contribution in [0.3, 0.4) is 0 Å². The normalized spacial score (nSPS) is 23.2. The van der Waals surface area contributed by atoms with Crippen LogP contribution in [-0.2, 0) is 9.53 Å². The topological polar surface area (TPSA) is 63.6 Å². The Kier molecular flexibility index (Phi) is 7.18. The molecule has 4 heteroatoms. The molecule has 1 aliphatic rings. The van der Waals surface area contributed by atoms with Crippen LogP contribution < -0.4 is 0 Å². The predicted octanol–water partition coefficient (Wildman–Crippen LogP) is 4.22. The summed E-state index contributed by atoms with van der Waals surface area (Å²) in [4.78, 5) is 25.4. The number of rotatable bonds is 8. The Morgan fingerprint density at radius 2 is 1.88 bits per heavy atom. The van der Waals surface area contributed by atoms with Crippen molar-refractivity contribution in [3.63, 3.8) is 0 Å². The van der Waals surface area contributed by atoms with Crippen molar-refractivity contribution in [1.82, 2.24) is 0 Å². The summed E-state index contributed by atoms with van der Waals surface area (Å²) >= 11 is 0. The van der Waals surface area contributed by atoms with Crippen molar-refractivity contribution in [2.75, 3.05) is 6.61 Å². The minimum Gasteiger partial charge on any atom is -0.465 e. The lowest BCUT2D eigenvalue weighted by Crippen LogP contribution is -2.51. The van der Waals surface area contributed by atoms with Gasteiger partial charge in [0.1, 0.15) is 5.60 Å². The molecule has 0 amide bonds. The molecule has 0 unspecified atom stereocenters. The highest BCUT2D eigenvalue weighted by molar-refractivity contribution is 6.04.